The molecule has 0 saturated heterocycles. The third kappa shape index (κ3) is 2.24. The van der Waals surface area contributed by atoms with Crippen LogP contribution in [-0.2, 0) is 4.79 Å². The van der Waals surface area contributed by atoms with E-state index in [1.165, 1.54) is 18.0 Å². The molecule has 2 aromatic carbocycles. The molecule has 0 bridgehead atoms. The molecule has 0 aliphatic carbocycles. The zero-order valence-corrected chi connectivity index (χ0v) is 13.3. The number of phenols is 1. The highest BCUT2D eigenvalue weighted by Crippen LogP contribution is 2.49. The number of quaternary nitrogens is 1. The molecule has 1 N–H and O–H groups in total. The number of aromatic hydroxyl groups is 1. The summed E-state index contributed by atoms with van der Waals surface area (Å²) in [5.74, 6) is -0.128. The van der Waals surface area contributed by atoms with Gasteiger partial charge in [-0.25, -0.2) is 4.79 Å². The monoisotopic (exact) mass is 320 g/mol. The van der Waals surface area contributed by atoms with Crippen molar-refractivity contribution < 1.29 is 9.90 Å². The van der Waals surface area contributed by atoms with Gasteiger partial charge in [-0.2, -0.15) is 3.89 Å². The number of carbonyl (C=O) groups is 1. The number of fused-ring (bicyclic) bond motifs is 1. The molecule has 21 heavy (non-hydrogen) atoms. The fourth-order valence-electron chi connectivity index (χ4n) is 2.67. The van der Waals surface area contributed by atoms with Crippen LogP contribution in [0, 0.1) is 0 Å². The normalized spacial score (nSPS) is 24.7. The summed E-state index contributed by atoms with van der Waals surface area (Å²) in [5, 5.41) is 10.7. The van der Waals surface area contributed by atoms with Gasteiger partial charge in [-0.15, -0.1) is 0 Å². The van der Waals surface area contributed by atoms with Crippen LogP contribution in [0.5, 0.6) is 5.75 Å². The minimum Gasteiger partial charge on any atom is -0.503 e. The Morgan fingerprint density at radius 1 is 1.24 bits per heavy atom. The Balaban J connectivity index is 2.18. The van der Waals surface area contributed by atoms with Crippen molar-refractivity contribution >= 4 is 35.1 Å². The van der Waals surface area contributed by atoms with Crippen LogP contribution in [0.1, 0.15) is 18.4 Å². The van der Waals surface area contributed by atoms with E-state index >= 15 is 0 Å². The van der Waals surface area contributed by atoms with E-state index in [1.54, 1.807) is 19.2 Å². The number of halogens is 1. The maximum Gasteiger partial charge on any atom is 0.337 e. The maximum atomic E-state index is 12.9. The summed E-state index contributed by atoms with van der Waals surface area (Å²) in [7, 11) is 1.80. The molecule has 0 spiro atoms. The van der Waals surface area contributed by atoms with Crippen LogP contribution in [-0.4, -0.2) is 18.1 Å². The van der Waals surface area contributed by atoms with Gasteiger partial charge in [0.25, 0.3) is 0 Å². The van der Waals surface area contributed by atoms with Crippen molar-refractivity contribution in [2.75, 3.05) is 7.05 Å². The van der Waals surface area contributed by atoms with Crippen LogP contribution < -0.4 is 3.89 Å². The predicted octanol–water partition coefficient (Wildman–Crippen LogP) is 4.33. The van der Waals surface area contributed by atoms with Crippen LogP contribution in [0.3, 0.4) is 0 Å². The van der Waals surface area contributed by atoms with Gasteiger partial charge in [-0.05, 0) is 30.7 Å². The first-order valence-electron chi connectivity index (χ1n) is 6.62. The van der Waals surface area contributed by atoms with Crippen molar-refractivity contribution in [3.05, 3.63) is 53.1 Å². The molecular weight excluding hydrogens is 306 g/mol. The van der Waals surface area contributed by atoms with Gasteiger partial charge in [0.15, 0.2) is 11.4 Å². The van der Waals surface area contributed by atoms with Crippen LogP contribution in [0.25, 0.3) is 0 Å². The SMILES string of the molecule is CC1C(=O)[N+](C)(c2cc(Cl)ccc2O)Sc2ccccc21. The van der Waals surface area contributed by atoms with E-state index in [0.717, 1.165) is 10.5 Å². The summed E-state index contributed by atoms with van der Waals surface area (Å²) in [6.07, 6.45) is 0. The van der Waals surface area contributed by atoms with E-state index in [1.807, 2.05) is 31.2 Å². The summed E-state index contributed by atoms with van der Waals surface area (Å²) >= 11 is 7.46. The molecule has 0 saturated carbocycles. The zero-order chi connectivity index (χ0) is 15.2. The van der Waals surface area contributed by atoms with Crippen molar-refractivity contribution in [3.63, 3.8) is 0 Å². The van der Waals surface area contributed by atoms with Gasteiger partial charge in [0.1, 0.15) is 11.9 Å². The Hall–Kier alpha value is -1.49. The van der Waals surface area contributed by atoms with E-state index < -0.39 is 0 Å². The molecule has 2 unspecified atom stereocenters. The Morgan fingerprint density at radius 3 is 2.71 bits per heavy atom. The van der Waals surface area contributed by atoms with Crippen LogP contribution in [0.2, 0.25) is 5.02 Å². The molecule has 3 nitrogen and oxygen atoms in total. The summed E-state index contributed by atoms with van der Waals surface area (Å²) in [6, 6.07) is 12.7. The lowest BCUT2D eigenvalue weighted by molar-refractivity contribution is -0.126. The number of likely N-dealkylation sites (N-methyl/N-ethyl adjacent to an activating group) is 1. The first-order chi connectivity index (χ1) is 9.93. The van der Waals surface area contributed by atoms with Crippen LogP contribution in [0.4, 0.5) is 5.69 Å². The van der Waals surface area contributed by atoms with Crippen LogP contribution in [0.15, 0.2) is 47.4 Å². The highest BCUT2D eigenvalue weighted by Gasteiger charge is 2.47. The molecule has 1 aliphatic heterocycles. The molecule has 1 amide bonds. The molecule has 2 atom stereocenters. The summed E-state index contributed by atoms with van der Waals surface area (Å²) in [5.41, 5.74) is 1.54. The van der Waals surface area contributed by atoms with Gasteiger partial charge < -0.3 is 5.11 Å². The second-order valence-corrected chi connectivity index (χ2v) is 7.04. The first kappa shape index (κ1) is 14.4. The number of benzene rings is 2. The summed E-state index contributed by atoms with van der Waals surface area (Å²) < 4.78 is -0.0510. The lowest BCUT2D eigenvalue weighted by atomic mass is 9.99. The number of nitrogens with zero attached hydrogens (tertiary/aromatic N) is 1. The van der Waals surface area contributed by atoms with Crippen molar-refractivity contribution in [1.82, 2.24) is 3.89 Å². The molecule has 5 heteroatoms. The molecule has 0 radical (unpaired) electrons. The third-order valence-corrected chi connectivity index (χ3v) is 5.40. The molecule has 0 fully saturated rings. The molecule has 108 valence electrons. The summed E-state index contributed by atoms with van der Waals surface area (Å²) in [4.78, 5) is 13.9. The Labute approximate surface area is 132 Å². The average molecular weight is 321 g/mol. The number of phenolic OH excluding ortho intramolecular Hbond substituents is 1. The van der Waals surface area contributed by atoms with Gasteiger partial charge in [0, 0.05) is 11.1 Å². The van der Waals surface area contributed by atoms with E-state index in [9.17, 15) is 9.90 Å². The number of amides is 1. The van der Waals surface area contributed by atoms with Crippen molar-refractivity contribution in [2.45, 2.75) is 17.7 Å². The fraction of sp³-hybridized carbons (Fsp3) is 0.188. The lowest BCUT2D eigenvalue weighted by Crippen LogP contribution is -2.48. The maximum absolute atomic E-state index is 12.9. The number of hydrogen-bond donors (Lipinski definition) is 1. The largest absolute Gasteiger partial charge is 0.503 e. The smallest absolute Gasteiger partial charge is 0.337 e. The van der Waals surface area contributed by atoms with Gasteiger partial charge in [0.2, 0.25) is 0 Å². The van der Waals surface area contributed by atoms with Gasteiger partial charge in [-0.1, -0.05) is 29.8 Å². The molecule has 0 aromatic heterocycles. The van der Waals surface area contributed by atoms with Crippen LogP contribution >= 0.6 is 23.5 Å². The second-order valence-electron chi connectivity index (χ2n) is 5.25. The Bertz CT molecular complexity index is 734. The topological polar surface area (TPSA) is 37.3 Å². The van der Waals surface area contributed by atoms with Gasteiger partial charge in [0.05, 0.1) is 17.9 Å². The standard InChI is InChI=1S/C16H14ClNO2S/c1-10-12-5-3-4-6-15(12)21-18(2,16(10)20)13-9-11(17)7-8-14(13)19/h3-10H,1-2H3/p+1. The first-order valence-corrected chi connectivity index (χ1v) is 7.77. The van der Waals surface area contributed by atoms with Crippen molar-refractivity contribution in [3.8, 4) is 5.75 Å². The number of hydrogen-bond acceptors (Lipinski definition) is 3. The highest BCUT2D eigenvalue weighted by molar-refractivity contribution is 7.99. The quantitative estimate of drug-likeness (QED) is 0.627. The van der Waals surface area contributed by atoms with Crippen molar-refractivity contribution in [1.29, 1.82) is 0 Å². The van der Waals surface area contributed by atoms with E-state index in [0.29, 0.717) is 10.7 Å². The third-order valence-electron chi connectivity index (χ3n) is 3.85. The average Bonchev–Trinajstić information content (AvgIpc) is 2.47. The number of rotatable bonds is 1. The molecule has 1 heterocycles. The van der Waals surface area contributed by atoms with Gasteiger partial charge >= 0.3 is 5.91 Å². The molecule has 3 rings (SSSR count). The molecule has 2 aromatic rings. The molecular formula is C16H15ClNO2S+. The van der Waals surface area contributed by atoms with Gasteiger partial charge in [-0.3, -0.25) is 0 Å². The second kappa shape index (κ2) is 5.05. The minimum atomic E-state index is -0.231. The van der Waals surface area contributed by atoms with E-state index in [-0.39, 0.29) is 21.5 Å². The number of carbonyl (C=O) groups excluding carboxylic acids is 1. The predicted molar refractivity (Wildman–Crippen MR) is 86.6 cm³/mol. The Morgan fingerprint density at radius 2 is 1.95 bits per heavy atom. The molecule has 1 aliphatic rings. The Kier molecular flexibility index (Phi) is 3.48. The highest BCUT2D eigenvalue weighted by atomic mass is 35.5. The minimum absolute atomic E-state index is 0.0243. The lowest BCUT2D eigenvalue weighted by Gasteiger charge is -2.35. The zero-order valence-electron chi connectivity index (χ0n) is 11.7. The fourth-order valence-corrected chi connectivity index (χ4v) is 4.21. The van der Waals surface area contributed by atoms with Crippen molar-refractivity contribution in [2.24, 2.45) is 0 Å². The van der Waals surface area contributed by atoms with E-state index in [4.69, 9.17) is 11.6 Å². The van der Waals surface area contributed by atoms with E-state index in [2.05, 4.69) is 0 Å². The summed E-state index contributed by atoms with van der Waals surface area (Å²) in [6.45, 7) is 1.90.